The van der Waals surface area contributed by atoms with Gasteiger partial charge in [0.05, 0.1) is 8.07 Å². The van der Waals surface area contributed by atoms with Gasteiger partial charge in [0.1, 0.15) is 0 Å². The predicted molar refractivity (Wildman–Crippen MR) is 283 cm³/mol. The fraction of sp³-hybridized carbons (Fsp3) is 0.800. The lowest BCUT2D eigenvalue weighted by Gasteiger charge is -2.33. The molecule has 0 bridgehead atoms. The van der Waals surface area contributed by atoms with E-state index in [1.165, 1.54) is 299 Å². The molecule has 352 valence electrons. The summed E-state index contributed by atoms with van der Waals surface area (Å²) in [6, 6.07) is 26.0. The van der Waals surface area contributed by atoms with Crippen LogP contribution in [-0.4, -0.2) is 8.07 Å². The SMILES string of the molecule is CCCCCCCCCCCCCCCC[Si](CCCCCCCCCCCCCCCC)(CCCCCCCCCCCCCCCC)c1ccc(-c2ccccc2)cc1. The van der Waals surface area contributed by atoms with Gasteiger partial charge in [-0.1, -0.05) is 368 Å². The summed E-state index contributed by atoms with van der Waals surface area (Å²) in [6.07, 6.45) is 61.3. The van der Waals surface area contributed by atoms with Crippen LogP contribution in [0.25, 0.3) is 11.1 Å². The van der Waals surface area contributed by atoms with Crippen LogP contribution in [0.2, 0.25) is 18.1 Å². The van der Waals surface area contributed by atoms with Crippen molar-refractivity contribution in [2.45, 2.75) is 309 Å². The van der Waals surface area contributed by atoms with Crippen molar-refractivity contribution in [1.82, 2.24) is 0 Å². The van der Waals surface area contributed by atoms with Crippen molar-refractivity contribution in [2.75, 3.05) is 0 Å². The highest BCUT2D eigenvalue weighted by Crippen LogP contribution is 2.31. The first-order chi connectivity index (χ1) is 30.3. The Kier molecular flexibility index (Phi) is 39.0. The number of benzene rings is 2. The van der Waals surface area contributed by atoms with Crippen molar-refractivity contribution in [3.8, 4) is 11.1 Å². The summed E-state index contributed by atoms with van der Waals surface area (Å²) in [5.74, 6) is 0. The molecule has 0 aliphatic rings. The summed E-state index contributed by atoms with van der Waals surface area (Å²) in [5, 5.41) is 1.80. The molecule has 0 aliphatic heterocycles. The molecule has 0 aromatic heterocycles. The second kappa shape index (κ2) is 42.6. The van der Waals surface area contributed by atoms with E-state index in [0.717, 1.165) is 0 Å². The summed E-state index contributed by atoms with van der Waals surface area (Å²) >= 11 is 0. The minimum Gasteiger partial charge on any atom is -0.0654 e. The molecule has 0 aliphatic carbocycles. The second-order valence-electron chi connectivity index (χ2n) is 20.3. The van der Waals surface area contributed by atoms with Gasteiger partial charge < -0.3 is 0 Å². The Labute approximate surface area is 385 Å². The minimum atomic E-state index is -1.60. The second-order valence-corrected chi connectivity index (χ2v) is 24.9. The average Bonchev–Trinajstić information content (AvgIpc) is 3.29. The molecular formula is C60H108Si. The van der Waals surface area contributed by atoms with E-state index >= 15 is 0 Å². The normalized spacial score (nSPS) is 11.9. The van der Waals surface area contributed by atoms with Crippen molar-refractivity contribution in [3.63, 3.8) is 0 Å². The van der Waals surface area contributed by atoms with Crippen LogP contribution in [0.5, 0.6) is 0 Å². The first kappa shape index (κ1) is 55.8. The number of hydrogen-bond donors (Lipinski definition) is 0. The van der Waals surface area contributed by atoms with Crippen LogP contribution in [0.4, 0.5) is 0 Å². The summed E-state index contributed by atoms with van der Waals surface area (Å²) in [7, 11) is -1.60. The zero-order valence-corrected chi connectivity index (χ0v) is 43.0. The van der Waals surface area contributed by atoms with Gasteiger partial charge in [0.15, 0.2) is 0 Å². The Balaban J connectivity index is 1.90. The lowest BCUT2D eigenvalue weighted by atomic mass is 10.0. The van der Waals surface area contributed by atoms with Gasteiger partial charge in [-0.05, 0) is 11.1 Å². The van der Waals surface area contributed by atoms with Gasteiger partial charge in [-0.15, -0.1) is 0 Å². The molecule has 2 aromatic carbocycles. The van der Waals surface area contributed by atoms with Crippen LogP contribution in [0.3, 0.4) is 0 Å². The van der Waals surface area contributed by atoms with Crippen molar-refractivity contribution in [3.05, 3.63) is 54.6 Å². The third kappa shape index (κ3) is 31.2. The molecule has 0 fully saturated rings. The first-order valence-corrected chi connectivity index (χ1v) is 31.0. The molecular weight excluding hydrogens is 749 g/mol. The average molecular weight is 858 g/mol. The van der Waals surface area contributed by atoms with Crippen molar-refractivity contribution in [1.29, 1.82) is 0 Å². The van der Waals surface area contributed by atoms with E-state index < -0.39 is 8.07 Å². The maximum absolute atomic E-state index is 2.63. The van der Waals surface area contributed by atoms with Crippen molar-refractivity contribution < 1.29 is 0 Å². The van der Waals surface area contributed by atoms with Gasteiger partial charge in [0.2, 0.25) is 0 Å². The smallest absolute Gasteiger partial charge is 0.0654 e. The van der Waals surface area contributed by atoms with Crippen LogP contribution in [0, 0.1) is 0 Å². The highest BCUT2D eigenvalue weighted by atomic mass is 28.3. The number of unbranched alkanes of at least 4 members (excludes halogenated alkanes) is 39. The summed E-state index contributed by atoms with van der Waals surface area (Å²) in [5.41, 5.74) is 2.77. The molecule has 0 saturated carbocycles. The quantitative estimate of drug-likeness (QED) is 0.0460. The Morgan fingerprint density at radius 3 is 0.689 bits per heavy atom. The molecule has 0 atom stereocenters. The Hall–Kier alpha value is -1.34. The van der Waals surface area contributed by atoms with Gasteiger partial charge in [0, 0.05) is 0 Å². The van der Waals surface area contributed by atoms with Crippen LogP contribution in [0.15, 0.2) is 54.6 Å². The minimum absolute atomic E-state index is 1.37. The molecule has 2 rings (SSSR count). The van der Waals surface area contributed by atoms with E-state index in [1.807, 2.05) is 0 Å². The topological polar surface area (TPSA) is 0 Å². The predicted octanol–water partition coefficient (Wildman–Crippen LogP) is 21.5. The van der Waals surface area contributed by atoms with E-state index in [9.17, 15) is 0 Å². The zero-order valence-electron chi connectivity index (χ0n) is 42.0. The molecule has 0 nitrogen and oxygen atoms in total. The lowest BCUT2D eigenvalue weighted by Crippen LogP contribution is -2.47. The van der Waals surface area contributed by atoms with Gasteiger partial charge in [0.25, 0.3) is 0 Å². The molecule has 61 heavy (non-hydrogen) atoms. The molecule has 0 unspecified atom stereocenters. The van der Waals surface area contributed by atoms with Gasteiger partial charge in [-0.2, -0.15) is 0 Å². The standard InChI is InChI=1S/C60H108Si/c1-4-7-10-13-16-19-22-25-28-31-34-37-40-46-55-61(60-53-51-59(52-54-60)58-49-44-43-45-50-58,56-47-41-38-35-32-29-26-23-20-17-14-11-8-5-2)57-48-42-39-36-33-30-27-24-21-18-15-12-9-6-3/h43-45,49-54H,4-42,46-48,55-57H2,1-3H3. The van der Waals surface area contributed by atoms with Gasteiger partial charge in [-0.3, -0.25) is 0 Å². The fourth-order valence-electron chi connectivity index (χ4n) is 10.4. The van der Waals surface area contributed by atoms with E-state index in [2.05, 4.69) is 75.4 Å². The molecule has 0 N–H and O–H groups in total. The Bertz CT molecular complexity index is 1060. The van der Waals surface area contributed by atoms with E-state index in [1.54, 1.807) is 5.19 Å². The van der Waals surface area contributed by atoms with Crippen molar-refractivity contribution in [2.24, 2.45) is 0 Å². The molecule has 0 saturated heterocycles. The molecule has 0 amide bonds. The number of rotatable bonds is 47. The van der Waals surface area contributed by atoms with Crippen LogP contribution >= 0.6 is 0 Å². The van der Waals surface area contributed by atoms with Crippen LogP contribution in [-0.2, 0) is 0 Å². The summed E-state index contributed by atoms with van der Waals surface area (Å²) in [4.78, 5) is 0. The van der Waals surface area contributed by atoms with Gasteiger partial charge >= 0.3 is 0 Å². The van der Waals surface area contributed by atoms with E-state index in [4.69, 9.17) is 0 Å². The third-order valence-corrected chi connectivity index (χ3v) is 20.1. The molecule has 1 heteroatoms. The highest BCUT2D eigenvalue weighted by Gasteiger charge is 2.33. The summed E-state index contributed by atoms with van der Waals surface area (Å²) < 4.78 is 0. The van der Waals surface area contributed by atoms with Crippen LogP contribution in [0.1, 0.15) is 290 Å². The molecule has 0 spiro atoms. The van der Waals surface area contributed by atoms with Gasteiger partial charge in [-0.25, -0.2) is 0 Å². The van der Waals surface area contributed by atoms with Crippen molar-refractivity contribution >= 4 is 13.3 Å². The maximum Gasteiger partial charge on any atom is 0.0867 e. The largest absolute Gasteiger partial charge is 0.0867 e. The molecule has 2 aromatic rings. The Morgan fingerprint density at radius 1 is 0.230 bits per heavy atom. The molecule has 0 heterocycles. The lowest BCUT2D eigenvalue weighted by molar-refractivity contribution is 0.535. The summed E-state index contributed by atoms with van der Waals surface area (Å²) in [6.45, 7) is 6.98. The third-order valence-electron chi connectivity index (χ3n) is 14.6. The maximum atomic E-state index is 2.63. The highest BCUT2D eigenvalue weighted by molar-refractivity contribution is 6.91. The van der Waals surface area contributed by atoms with E-state index in [0.29, 0.717) is 0 Å². The Morgan fingerprint density at radius 2 is 0.443 bits per heavy atom. The number of hydrogen-bond acceptors (Lipinski definition) is 0. The van der Waals surface area contributed by atoms with Crippen LogP contribution < -0.4 is 5.19 Å². The first-order valence-electron chi connectivity index (χ1n) is 28.4. The fourth-order valence-corrected chi connectivity index (χ4v) is 15.7. The molecule has 0 radical (unpaired) electrons. The van der Waals surface area contributed by atoms with E-state index in [-0.39, 0.29) is 0 Å². The zero-order chi connectivity index (χ0) is 43.4. The monoisotopic (exact) mass is 857 g/mol.